The smallest absolute Gasteiger partial charge is 0.265 e. The average molecular weight is 199 g/mol. The van der Waals surface area contributed by atoms with E-state index in [-0.39, 0.29) is 13.3 Å². The molecule has 0 aromatic carbocycles. The van der Waals surface area contributed by atoms with Crippen molar-refractivity contribution in [1.82, 2.24) is 0 Å². The Bertz CT molecular complexity index is 116. The van der Waals surface area contributed by atoms with Gasteiger partial charge >= 0.3 is 0 Å². The highest BCUT2D eigenvalue weighted by molar-refractivity contribution is 4.59. The van der Waals surface area contributed by atoms with Gasteiger partial charge in [-0.15, -0.1) is 0 Å². The van der Waals surface area contributed by atoms with Crippen molar-refractivity contribution in [1.29, 1.82) is 0 Å². The van der Waals surface area contributed by atoms with Crippen molar-refractivity contribution in [3.8, 4) is 0 Å². The van der Waals surface area contributed by atoms with Crippen molar-refractivity contribution < 1.29 is 23.0 Å². The Kier molecular flexibility index (Phi) is 8.11. The minimum absolute atomic E-state index is 0.185. The van der Waals surface area contributed by atoms with E-state index in [0.717, 1.165) is 0 Å². The zero-order valence-electron chi connectivity index (χ0n) is 7.54. The molecule has 0 aliphatic rings. The van der Waals surface area contributed by atoms with E-state index < -0.39 is 12.5 Å². The minimum Gasteiger partial charge on any atom is -0.382 e. The Morgan fingerprint density at radius 2 is 2.00 bits per heavy atom. The van der Waals surface area contributed by atoms with Crippen molar-refractivity contribution in [2.24, 2.45) is 5.73 Å². The molecular formula is C7H15F2NO3. The van der Waals surface area contributed by atoms with Gasteiger partial charge in [-0.05, 0) is 0 Å². The quantitative estimate of drug-likeness (QED) is 0.448. The summed E-state index contributed by atoms with van der Waals surface area (Å²) in [6, 6.07) is 0. The normalized spacial score (nSPS) is 13.6. The van der Waals surface area contributed by atoms with Gasteiger partial charge in [-0.25, -0.2) is 8.78 Å². The first kappa shape index (κ1) is 12.7. The van der Waals surface area contributed by atoms with Crippen LogP contribution in [0.25, 0.3) is 0 Å². The number of ether oxygens (including phenoxy) is 3. The molecule has 0 saturated carbocycles. The average Bonchev–Trinajstić information content (AvgIpc) is 2.10. The lowest BCUT2D eigenvalue weighted by Gasteiger charge is -2.14. The molecule has 0 bridgehead atoms. The predicted molar refractivity (Wildman–Crippen MR) is 42.6 cm³/mol. The third kappa shape index (κ3) is 6.83. The van der Waals surface area contributed by atoms with E-state index in [1.54, 1.807) is 0 Å². The lowest BCUT2D eigenvalue weighted by molar-refractivity contribution is -0.134. The SMILES string of the molecule is COCCOCOC(CN)C(F)F. The third-order valence-electron chi connectivity index (χ3n) is 1.31. The Balaban J connectivity index is 3.28. The molecule has 0 aliphatic heterocycles. The van der Waals surface area contributed by atoms with E-state index in [0.29, 0.717) is 13.2 Å². The van der Waals surface area contributed by atoms with Gasteiger partial charge in [0.25, 0.3) is 6.43 Å². The fraction of sp³-hybridized carbons (Fsp3) is 1.00. The van der Waals surface area contributed by atoms with E-state index in [2.05, 4.69) is 9.47 Å². The summed E-state index contributed by atoms with van der Waals surface area (Å²) >= 11 is 0. The largest absolute Gasteiger partial charge is 0.382 e. The lowest BCUT2D eigenvalue weighted by Crippen LogP contribution is -2.31. The standard InChI is InChI=1S/C7H15F2NO3/c1-11-2-3-12-5-13-6(4-10)7(8)9/h6-7H,2-5,10H2,1H3. The van der Waals surface area contributed by atoms with Crippen LogP contribution in [0.1, 0.15) is 0 Å². The van der Waals surface area contributed by atoms with Crippen LogP contribution in [0.3, 0.4) is 0 Å². The second-order valence-electron chi connectivity index (χ2n) is 2.29. The minimum atomic E-state index is -2.57. The number of alkyl halides is 2. The van der Waals surface area contributed by atoms with Crippen LogP contribution >= 0.6 is 0 Å². The van der Waals surface area contributed by atoms with Crippen LogP contribution in [-0.2, 0) is 14.2 Å². The van der Waals surface area contributed by atoms with E-state index in [1.165, 1.54) is 7.11 Å². The number of nitrogens with two attached hydrogens (primary N) is 1. The molecule has 0 fully saturated rings. The molecule has 0 aromatic rings. The van der Waals surface area contributed by atoms with Crippen molar-refractivity contribution in [3.05, 3.63) is 0 Å². The Labute approximate surface area is 75.9 Å². The summed E-state index contributed by atoms with van der Waals surface area (Å²) in [6.07, 6.45) is -3.82. The highest BCUT2D eigenvalue weighted by Gasteiger charge is 2.18. The molecule has 1 unspecified atom stereocenters. The highest BCUT2D eigenvalue weighted by Crippen LogP contribution is 2.03. The van der Waals surface area contributed by atoms with Crippen LogP contribution in [-0.4, -0.2) is 46.2 Å². The molecular weight excluding hydrogens is 184 g/mol. The van der Waals surface area contributed by atoms with Gasteiger partial charge in [0.15, 0.2) is 0 Å². The summed E-state index contributed by atoms with van der Waals surface area (Å²) in [4.78, 5) is 0. The van der Waals surface area contributed by atoms with Gasteiger partial charge < -0.3 is 19.9 Å². The maximum Gasteiger partial charge on any atom is 0.265 e. The van der Waals surface area contributed by atoms with Crippen molar-refractivity contribution >= 4 is 0 Å². The van der Waals surface area contributed by atoms with Gasteiger partial charge in [-0.1, -0.05) is 0 Å². The maximum atomic E-state index is 12.0. The number of halogens is 2. The van der Waals surface area contributed by atoms with Gasteiger partial charge in [0.05, 0.1) is 13.2 Å². The van der Waals surface area contributed by atoms with Crippen LogP contribution in [0, 0.1) is 0 Å². The van der Waals surface area contributed by atoms with Crippen molar-refractivity contribution in [2.75, 3.05) is 33.7 Å². The molecule has 2 N–H and O–H groups in total. The molecule has 0 rings (SSSR count). The molecule has 4 nitrogen and oxygen atoms in total. The topological polar surface area (TPSA) is 53.7 Å². The van der Waals surface area contributed by atoms with Gasteiger partial charge in [0.1, 0.15) is 12.9 Å². The molecule has 80 valence electrons. The summed E-state index contributed by atoms with van der Waals surface area (Å²) in [6.45, 7) is 0.323. The zero-order valence-corrected chi connectivity index (χ0v) is 7.54. The molecule has 0 radical (unpaired) electrons. The van der Waals surface area contributed by atoms with Gasteiger partial charge in [0, 0.05) is 13.7 Å². The van der Waals surface area contributed by atoms with Crippen molar-refractivity contribution in [3.63, 3.8) is 0 Å². The predicted octanol–water partition coefficient (Wildman–Crippen LogP) is 0.216. The van der Waals surface area contributed by atoms with E-state index in [9.17, 15) is 8.78 Å². The molecule has 0 heterocycles. The van der Waals surface area contributed by atoms with E-state index in [1.807, 2.05) is 0 Å². The molecule has 0 aromatic heterocycles. The Morgan fingerprint density at radius 3 is 2.46 bits per heavy atom. The van der Waals surface area contributed by atoms with Gasteiger partial charge in [-0.3, -0.25) is 0 Å². The fourth-order valence-corrected chi connectivity index (χ4v) is 0.580. The summed E-state index contributed by atoms with van der Waals surface area (Å²) < 4.78 is 38.1. The Hall–Kier alpha value is -0.300. The van der Waals surface area contributed by atoms with E-state index >= 15 is 0 Å². The molecule has 0 spiro atoms. The summed E-state index contributed by atoms with van der Waals surface area (Å²) in [5, 5.41) is 0. The second kappa shape index (κ2) is 8.31. The fourth-order valence-electron chi connectivity index (χ4n) is 0.580. The van der Waals surface area contributed by atoms with Crippen LogP contribution in [0.4, 0.5) is 8.78 Å². The van der Waals surface area contributed by atoms with Gasteiger partial charge in [-0.2, -0.15) is 0 Å². The van der Waals surface area contributed by atoms with Crippen LogP contribution in [0.2, 0.25) is 0 Å². The second-order valence-corrected chi connectivity index (χ2v) is 2.29. The Morgan fingerprint density at radius 1 is 1.31 bits per heavy atom. The van der Waals surface area contributed by atoms with E-state index in [4.69, 9.17) is 10.5 Å². The first-order valence-corrected chi connectivity index (χ1v) is 3.88. The first-order valence-electron chi connectivity index (χ1n) is 3.88. The maximum absolute atomic E-state index is 12.0. The number of hydrogen-bond donors (Lipinski definition) is 1. The van der Waals surface area contributed by atoms with Crippen LogP contribution < -0.4 is 5.73 Å². The first-order chi connectivity index (χ1) is 6.22. The molecule has 0 saturated heterocycles. The van der Waals surface area contributed by atoms with Crippen LogP contribution in [0.15, 0.2) is 0 Å². The molecule has 6 heteroatoms. The highest BCUT2D eigenvalue weighted by atomic mass is 19.3. The summed E-state index contributed by atoms with van der Waals surface area (Å²) in [5.74, 6) is 0. The number of rotatable bonds is 8. The monoisotopic (exact) mass is 199 g/mol. The molecule has 0 amide bonds. The summed E-state index contributed by atoms with van der Waals surface area (Å²) in [7, 11) is 1.52. The zero-order chi connectivity index (χ0) is 10.1. The van der Waals surface area contributed by atoms with Gasteiger partial charge in [0.2, 0.25) is 0 Å². The molecule has 1 atom stereocenters. The molecule has 0 aliphatic carbocycles. The number of hydrogen-bond acceptors (Lipinski definition) is 4. The summed E-state index contributed by atoms with van der Waals surface area (Å²) in [5.41, 5.74) is 5.03. The van der Waals surface area contributed by atoms with Crippen molar-refractivity contribution in [2.45, 2.75) is 12.5 Å². The third-order valence-corrected chi connectivity index (χ3v) is 1.31. The van der Waals surface area contributed by atoms with Crippen LogP contribution in [0.5, 0.6) is 0 Å². The molecule has 13 heavy (non-hydrogen) atoms. The number of methoxy groups -OCH3 is 1. The lowest BCUT2D eigenvalue weighted by atomic mass is 10.4.